The number of ether oxygens (including phenoxy) is 1. The van der Waals surface area contributed by atoms with Gasteiger partial charge in [-0.15, -0.1) is 0 Å². The Hall–Kier alpha value is -2.04. The van der Waals surface area contributed by atoms with Gasteiger partial charge in [-0.25, -0.2) is 9.78 Å². The van der Waals surface area contributed by atoms with Crippen LogP contribution in [-0.2, 0) is 4.79 Å². The molecule has 0 saturated heterocycles. The van der Waals surface area contributed by atoms with E-state index in [0.717, 1.165) is 11.6 Å². The Kier molecular flexibility index (Phi) is 4.83. The number of hydrogen-bond acceptors (Lipinski definition) is 3. The molecule has 0 aliphatic carbocycles. The van der Waals surface area contributed by atoms with Gasteiger partial charge in [-0.3, -0.25) is 0 Å². The van der Waals surface area contributed by atoms with Crippen LogP contribution in [0.25, 0.3) is 6.08 Å². The van der Waals surface area contributed by atoms with Crippen molar-refractivity contribution in [3.63, 3.8) is 0 Å². The maximum absolute atomic E-state index is 10.5. The fourth-order valence-corrected chi connectivity index (χ4v) is 2.06. The number of aryl methyl sites for hydroxylation is 1. The molecule has 6 heteroatoms. The molecule has 0 atom stereocenters. The standard InChI is InChI=1S/C15H11Cl2NO3/c1-9-6-10(2-5-14(19)20)8-18-15(9)21-13-4-3-11(16)7-12(13)17/h2-8H,1H3,(H,19,20)/b5-2+. The summed E-state index contributed by atoms with van der Waals surface area (Å²) in [5.74, 6) is -0.168. The Morgan fingerprint density at radius 2 is 2.10 bits per heavy atom. The first-order chi connectivity index (χ1) is 9.95. The Morgan fingerprint density at radius 3 is 2.71 bits per heavy atom. The zero-order chi connectivity index (χ0) is 15.4. The monoisotopic (exact) mass is 323 g/mol. The molecular formula is C15H11Cl2NO3. The number of aromatic nitrogens is 1. The molecule has 0 aliphatic heterocycles. The van der Waals surface area contributed by atoms with Gasteiger partial charge in [0.2, 0.25) is 5.88 Å². The summed E-state index contributed by atoms with van der Waals surface area (Å²) in [7, 11) is 0. The van der Waals surface area contributed by atoms with Crippen LogP contribution in [0, 0.1) is 6.92 Å². The van der Waals surface area contributed by atoms with Crippen LogP contribution in [0.5, 0.6) is 11.6 Å². The summed E-state index contributed by atoms with van der Waals surface area (Å²) in [5.41, 5.74) is 1.43. The van der Waals surface area contributed by atoms with Gasteiger partial charge in [-0.2, -0.15) is 0 Å². The van der Waals surface area contributed by atoms with Crippen LogP contribution < -0.4 is 4.74 Å². The third kappa shape index (κ3) is 4.21. The van der Waals surface area contributed by atoms with Crippen molar-refractivity contribution in [2.75, 3.05) is 0 Å². The fraction of sp³-hybridized carbons (Fsp3) is 0.0667. The van der Waals surface area contributed by atoms with Gasteiger partial charge in [-0.1, -0.05) is 23.2 Å². The number of hydrogen-bond donors (Lipinski definition) is 1. The lowest BCUT2D eigenvalue weighted by Gasteiger charge is -2.09. The smallest absolute Gasteiger partial charge is 0.328 e. The molecule has 21 heavy (non-hydrogen) atoms. The van der Waals surface area contributed by atoms with Crippen molar-refractivity contribution in [2.24, 2.45) is 0 Å². The average Bonchev–Trinajstić information content (AvgIpc) is 2.42. The molecule has 2 aromatic rings. The van der Waals surface area contributed by atoms with Crippen molar-refractivity contribution >= 4 is 35.2 Å². The SMILES string of the molecule is Cc1cc(/C=C/C(=O)O)cnc1Oc1ccc(Cl)cc1Cl. The zero-order valence-electron chi connectivity index (χ0n) is 11.0. The number of nitrogens with zero attached hydrogens (tertiary/aromatic N) is 1. The third-order valence-corrected chi connectivity index (χ3v) is 3.10. The van der Waals surface area contributed by atoms with E-state index >= 15 is 0 Å². The Morgan fingerprint density at radius 1 is 1.33 bits per heavy atom. The number of carboxylic acids is 1. The van der Waals surface area contributed by atoms with Crippen LogP contribution in [-0.4, -0.2) is 16.1 Å². The van der Waals surface area contributed by atoms with E-state index in [1.54, 1.807) is 24.3 Å². The highest BCUT2D eigenvalue weighted by Gasteiger charge is 2.07. The van der Waals surface area contributed by atoms with Crippen LogP contribution in [0.2, 0.25) is 10.0 Å². The minimum Gasteiger partial charge on any atom is -0.478 e. The molecule has 4 nitrogen and oxygen atoms in total. The van der Waals surface area contributed by atoms with Gasteiger partial charge in [0, 0.05) is 22.9 Å². The molecule has 108 valence electrons. The van der Waals surface area contributed by atoms with E-state index in [4.69, 9.17) is 33.0 Å². The van der Waals surface area contributed by atoms with E-state index < -0.39 is 5.97 Å². The average molecular weight is 324 g/mol. The quantitative estimate of drug-likeness (QED) is 0.836. The maximum atomic E-state index is 10.5. The molecule has 1 aromatic heterocycles. The molecule has 0 aliphatic rings. The number of carbonyl (C=O) groups is 1. The predicted octanol–water partition coefficient (Wildman–Crippen LogP) is 4.59. The molecule has 0 fully saturated rings. The first kappa shape index (κ1) is 15.4. The van der Waals surface area contributed by atoms with Crippen molar-refractivity contribution in [3.05, 3.63) is 57.7 Å². The van der Waals surface area contributed by atoms with Crippen LogP contribution in [0.15, 0.2) is 36.5 Å². The van der Waals surface area contributed by atoms with Crippen LogP contribution in [0.4, 0.5) is 0 Å². The Bertz CT molecular complexity index is 714. The van der Waals surface area contributed by atoms with Crippen molar-refractivity contribution in [1.82, 2.24) is 4.98 Å². The number of benzene rings is 1. The summed E-state index contributed by atoms with van der Waals surface area (Å²) in [6.07, 6.45) is 4.03. The van der Waals surface area contributed by atoms with Crippen molar-refractivity contribution in [1.29, 1.82) is 0 Å². The normalized spacial score (nSPS) is 10.8. The second-order valence-corrected chi connectivity index (χ2v) is 5.08. The Balaban J connectivity index is 2.23. The van der Waals surface area contributed by atoms with E-state index in [1.807, 2.05) is 6.92 Å². The van der Waals surface area contributed by atoms with Crippen molar-refractivity contribution in [3.8, 4) is 11.6 Å². The summed E-state index contributed by atoms with van der Waals surface area (Å²) in [4.78, 5) is 14.6. The number of pyridine rings is 1. The molecule has 0 amide bonds. The van der Waals surface area contributed by atoms with E-state index in [1.165, 1.54) is 12.3 Å². The molecule has 0 saturated carbocycles. The molecular weight excluding hydrogens is 313 g/mol. The van der Waals surface area contributed by atoms with Gasteiger partial charge >= 0.3 is 5.97 Å². The number of rotatable bonds is 4. The summed E-state index contributed by atoms with van der Waals surface area (Å²) < 4.78 is 5.63. The van der Waals surface area contributed by atoms with E-state index in [2.05, 4.69) is 4.98 Å². The minimum absolute atomic E-state index is 0.388. The summed E-state index contributed by atoms with van der Waals surface area (Å²) in [6, 6.07) is 6.68. The topological polar surface area (TPSA) is 59.4 Å². The van der Waals surface area contributed by atoms with E-state index in [0.29, 0.717) is 27.2 Å². The number of halogens is 2. The van der Waals surface area contributed by atoms with Crippen molar-refractivity contribution < 1.29 is 14.6 Å². The lowest BCUT2D eigenvalue weighted by molar-refractivity contribution is -0.131. The van der Waals surface area contributed by atoms with Gasteiger partial charge in [-0.05, 0) is 42.8 Å². The largest absolute Gasteiger partial charge is 0.478 e. The summed E-state index contributed by atoms with van der Waals surface area (Å²) in [5, 5.41) is 9.50. The maximum Gasteiger partial charge on any atom is 0.328 e. The van der Waals surface area contributed by atoms with Gasteiger partial charge in [0.1, 0.15) is 5.75 Å². The molecule has 1 heterocycles. The highest BCUT2D eigenvalue weighted by atomic mass is 35.5. The van der Waals surface area contributed by atoms with Gasteiger partial charge in [0.15, 0.2) is 0 Å². The number of carboxylic acid groups (broad SMARTS) is 1. The van der Waals surface area contributed by atoms with E-state index in [-0.39, 0.29) is 0 Å². The molecule has 0 unspecified atom stereocenters. The number of aliphatic carboxylic acids is 1. The molecule has 0 radical (unpaired) electrons. The van der Waals surface area contributed by atoms with Crippen LogP contribution in [0.3, 0.4) is 0 Å². The summed E-state index contributed by atoms with van der Waals surface area (Å²) in [6.45, 7) is 1.81. The van der Waals surface area contributed by atoms with E-state index in [9.17, 15) is 4.79 Å². The molecule has 1 N–H and O–H groups in total. The van der Waals surface area contributed by atoms with Crippen molar-refractivity contribution in [2.45, 2.75) is 6.92 Å². The lowest BCUT2D eigenvalue weighted by Crippen LogP contribution is -1.93. The van der Waals surface area contributed by atoms with Crippen LogP contribution >= 0.6 is 23.2 Å². The zero-order valence-corrected chi connectivity index (χ0v) is 12.5. The third-order valence-electron chi connectivity index (χ3n) is 2.57. The van der Waals surface area contributed by atoms with Gasteiger partial charge in [0.25, 0.3) is 0 Å². The Labute approximate surface area is 131 Å². The van der Waals surface area contributed by atoms with Crippen LogP contribution in [0.1, 0.15) is 11.1 Å². The predicted molar refractivity (Wildman–Crippen MR) is 82.2 cm³/mol. The molecule has 2 rings (SSSR count). The second-order valence-electron chi connectivity index (χ2n) is 4.24. The first-order valence-corrected chi connectivity index (χ1v) is 6.72. The summed E-state index contributed by atoms with van der Waals surface area (Å²) >= 11 is 11.9. The lowest BCUT2D eigenvalue weighted by atomic mass is 10.2. The molecule has 0 bridgehead atoms. The minimum atomic E-state index is -1.01. The van der Waals surface area contributed by atoms with Gasteiger partial charge in [0.05, 0.1) is 5.02 Å². The highest BCUT2D eigenvalue weighted by molar-refractivity contribution is 6.35. The molecule has 1 aromatic carbocycles. The fourth-order valence-electron chi connectivity index (χ4n) is 1.61. The second kappa shape index (κ2) is 6.61. The first-order valence-electron chi connectivity index (χ1n) is 5.96. The molecule has 0 spiro atoms. The highest BCUT2D eigenvalue weighted by Crippen LogP contribution is 2.32. The van der Waals surface area contributed by atoms with Gasteiger partial charge < -0.3 is 9.84 Å².